The molecule has 98 valence electrons. The van der Waals surface area contributed by atoms with Gasteiger partial charge in [0.15, 0.2) is 0 Å². The molecule has 0 aliphatic rings. The first kappa shape index (κ1) is 13.4. The number of nitrogens with one attached hydrogen (secondary N) is 1. The summed E-state index contributed by atoms with van der Waals surface area (Å²) < 4.78 is 13.0. The van der Waals surface area contributed by atoms with Crippen molar-refractivity contribution in [3.63, 3.8) is 0 Å². The first-order chi connectivity index (χ1) is 8.97. The van der Waals surface area contributed by atoms with Gasteiger partial charge in [-0.3, -0.25) is 4.79 Å². The van der Waals surface area contributed by atoms with Crippen LogP contribution in [0.5, 0.6) is 5.75 Å². The summed E-state index contributed by atoms with van der Waals surface area (Å²) in [7, 11) is 0. The number of phenols is 1. The third kappa shape index (κ3) is 3.03. The van der Waals surface area contributed by atoms with Crippen molar-refractivity contribution in [1.82, 2.24) is 0 Å². The lowest BCUT2D eigenvalue weighted by molar-refractivity contribution is 0.102. The van der Waals surface area contributed by atoms with E-state index in [1.54, 1.807) is 13.0 Å². The van der Waals surface area contributed by atoms with Gasteiger partial charge in [-0.25, -0.2) is 4.39 Å². The molecule has 2 aromatic carbocycles. The maximum absolute atomic E-state index is 13.0. The maximum Gasteiger partial charge on any atom is 0.255 e. The second-order valence-electron chi connectivity index (χ2n) is 4.08. The van der Waals surface area contributed by atoms with Gasteiger partial charge in [-0.1, -0.05) is 11.6 Å². The molecule has 0 fully saturated rings. The molecule has 0 heterocycles. The van der Waals surface area contributed by atoms with Crippen molar-refractivity contribution in [1.29, 1.82) is 0 Å². The molecule has 0 aliphatic heterocycles. The zero-order valence-electron chi connectivity index (χ0n) is 10.1. The molecule has 0 unspecified atom stereocenters. The second kappa shape index (κ2) is 5.28. The van der Waals surface area contributed by atoms with Crippen molar-refractivity contribution in [3.8, 4) is 5.75 Å². The Kier molecular flexibility index (Phi) is 3.71. The van der Waals surface area contributed by atoms with E-state index in [1.165, 1.54) is 30.3 Å². The molecule has 1 amide bonds. The minimum atomic E-state index is -0.542. The molecule has 5 heteroatoms. The maximum atomic E-state index is 13.0. The Hall–Kier alpha value is -2.07. The van der Waals surface area contributed by atoms with Crippen molar-refractivity contribution < 1.29 is 14.3 Å². The Morgan fingerprint density at radius 1 is 1.26 bits per heavy atom. The molecular weight excluding hydrogens is 269 g/mol. The molecule has 0 aliphatic carbocycles. The lowest BCUT2D eigenvalue weighted by Gasteiger charge is -2.07. The van der Waals surface area contributed by atoms with Crippen LogP contribution in [0.1, 0.15) is 15.9 Å². The largest absolute Gasteiger partial charge is 0.508 e. The molecule has 2 N–H and O–H groups in total. The number of hydrogen-bond acceptors (Lipinski definition) is 2. The third-order valence-electron chi connectivity index (χ3n) is 2.64. The van der Waals surface area contributed by atoms with Gasteiger partial charge in [0.25, 0.3) is 5.91 Å². The van der Waals surface area contributed by atoms with Gasteiger partial charge in [0.05, 0.1) is 5.02 Å². The van der Waals surface area contributed by atoms with Crippen LogP contribution in [0.4, 0.5) is 10.1 Å². The van der Waals surface area contributed by atoms with E-state index in [9.17, 15) is 14.3 Å². The van der Waals surface area contributed by atoms with E-state index in [2.05, 4.69) is 5.32 Å². The van der Waals surface area contributed by atoms with Gasteiger partial charge in [0.1, 0.15) is 11.6 Å². The summed E-state index contributed by atoms with van der Waals surface area (Å²) in [6, 6.07) is 8.45. The van der Waals surface area contributed by atoms with E-state index in [4.69, 9.17) is 11.6 Å². The predicted octanol–water partition coefficient (Wildman–Crippen LogP) is 3.75. The average molecular weight is 280 g/mol. The van der Waals surface area contributed by atoms with E-state index in [1.807, 2.05) is 0 Å². The number of carbonyl (C=O) groups excluding carboxylic acids is 1. The molecule has 0 radical (unpaired) electrons. The van der Waals surface area contributed by atoms with E-state index in [0.29, 0.717) is 16.8 Å². The topological polar surface area (TPSA) is 49.3 Å². The Bertz CT molecular complexity index is 643. The number of anilines is 1. The minimum Gasteiger partial charge on any atom is -0.508 e. The van der Waals surface area contributed by atoms with Crippen LogP contribution in [-0.2, 0) is 0 Å². The normalized spacial score (nSPS) is 10.3. The molecule has 0 atom stereocenters. The number of carbonyl (C=O) groups is 1. The Balaban J connectivity index is 2.20. The number of halogens is 2. The molecule has 0 aromatic heterocycles. The summed E-state index contributed by atoms with van der Waals surface area (Å²) in [4.78, 5) is 11.9. The first-order valence-corrected chi connectivity index (χ1v) is 5.91. The van der Waals surface area contributed by atoms with Crippen LogP contribution in [0, 0.1) is 12.7 Å². The molecule has 3 nitrogen and oxygen atoms in total. The molecule has 2 aromatic rings. The van der Waals surface area contributed by atoms with Gasteiger partial charge in [-0.15, -0.1) is 0 Å². The van der Waals surface area contributed by atoms with Crippen molar-refractivity contribution >= 4 is 23.2 Å². The van der Waals surface area contributed by atoms with Crippen LogP contribution >= 0.6 is 11.6 Å². The number of phenolic OH excluding ortho intramolecular Hbond substituents is 1. The molecule has 19 heavy (non-hydrogen) atoms. The number of aryl methyl sites for hydroxylation is 1. The van der Waals surface area contributed by atoms with Crippen LogP contribution in [0.3, 0.4) is 0 Å². The lowest BCUT2D eigenvalue weighted by Crippen LogP contribution is -2.12. The van der Waals surface area contributed by atoms with Crippen LogP contribution in [0.2, 0.25) is 5.02 Å². The highest BCUT2D eigenvalue weighted by atomic mass is 35.5. The van der Waals surface area contributed by atoms with Gasteiger partial charge in [0.2, 0.25) is 0 Å². The lowest BCUT2D eigenvalue weighted by atomic mass is 10.1. The highest BCUT2D eigenvalue weighted by Gasteiger charge is 2.09. The summed E-state index contributed by atoms with van der Waals surface area (Å²) in [5.74, 6) is -0.771. The Morgan fingerprint density at radius 3 is 2.63 bits per heavy atom. The number of benzene rings is 2. The predicted molar refractivity (Wildman–Crippen MR) is 72.2 cm³/mol. The van der Waals surface area contributed by atoms with Crippen LogP contribution in [0.15, 0.2) is 36.4 Å². The highest BCUT2D eigenvalue weighted by Crippen LogP contribution is 2.21. The van der Waals surface area contributed by atoms with Gasteiger partial charge in [0, 0.05) is 11.3 Å². The molecule has 2 rings (SSSR count). The van der Waals surface area contributed by atoms with Gasteiger partial charge < -0.3 is 10.4 Å². The summed E-state index contributed by atoms with van der Waals surface area (Å²) >= 11 is 5.63. The van der Waals surface area contributed by atoms with Gasteiger partial charge >= 0.3 is 0 Å². The van der Waals surface area contributed by atoms with Gasteiger partial charge in [-0.05, 0) is 48.9 Å². The number of rotatable bonds is 2. The standard InChI is InChI=1S/C14H11ClFNO2/c1-8-6-9(2-5-13(8)18)14(19)17-10-3-4-12(16)11(15)7-10/h2-7,18H,1H3,(H,17,19). The van der Waals surface area contributed by atoms with Crippen LogP contribution < -0.4 is 5.32 Å². The number of hydrogen-bond donors (Lipinski definition) is 2. The third-order valence-corrected chi connectivity index (χ3v) is 2.93. The molecular formula is C14H11ClFNO2. The highest BCUT2D eigenvalue weighted by molar-refractivity contribution is 6.31. The fraction of sp³-hybridized carbons (Fsp3) is 0.0714. The summed E-state index contributed by atoms with van der Waals surface area (Å²) in [5.41, 5.74) is 1.41. The van der Waals surface area contributed by atoms with E-state index >= 15 is 0 Å². The summed E-state index contributed by atoms with van der Waals surface area (Å²) in [6.07, 6.45) is 0. The molecule has 0 saturated heterocycles. The van der Waals surface area contributed by atoms with Crippen molar-refractivity contribution in [3.05, 3.63) is 58.4 Å². The SMILES string of the molecule is Cc1cc(C(=O)Nc2ccc(F)c(Cl)c2)ccc1O. The molecule has 0 spiro atoms. The van der Waals surface area contributed by atoms with Crippen molar-refractivity contribution in [2.24, 2.45) is 0 Å². The Morgan fingerprint density at radius 2 is 2.00 bits per heavy atom. The summed E-state index contributed by atoms with van der Waals surface area (Å²) in [6.45, 7) is 1.70. The fourth-order valence-electron chi connectivity index (χ4n) is 1.57. The Labute approximate surface area is 114 Å². The molecule has 0 bridgehead atoms. The molecule has 0 saturated carbocycles. The average Bonchev–Trinajstić information content (AvgIpc) is 2.37. The number of aromatic hydroxyl groups is 1. The zero-order chi connectivity index (χ0) is 14.0. The van der Waals surface area contributed by atoms with Crippen LogP contribution in [-0.4, -0.2) is 11.0 Å². The van der Waals surface area contributed by atoms with E-state index in [-0.39, 0.29) is 16.7 Å². The number of amides is 1. The van der Waals surface area contributed by atoms with Crippen molar-refractivity contribution in [2.75, 3.05) is 5.32 Å². The minimum absolute atomic E-state index is 0.0558. The van der Waals surface area contributed by atoms with E-state index in [0.717, 1.165) is 0 Å². The zero-order valence-corrected chi connectivity index (χ0v) is 10.8. The van der Waals surface area contributed by atoms with E-state index < -0.39 is 5.82 Å². The second-order valence-corrected chi connectivity index (χ2v) is 4.49. The first-order valence-electron chi connectivity index (χ1n) is 5.53. The summed E-state index contributed by atoms with van der Waals surface area (Å²) in [5, 5.41) is 11.9. The fourth-order valence-corrected chi connectivity index (χ4v) is 1.75. The smallest absolute Gasteiger partial charge is 0.255 e. The van der Waals surface area contributed by atoms with Crippen molar-refractivity contribution in [2.45, 2.75) is 6.92 Å². The quantitative estimate of drug-likeness (QED) is 0.880. The van der Waals surface area contributed by atoms with Gasteiger partial charge in [-0.2, -0.15) is 0 Å². The van der Waals surface area contributed by atoms with Crippen LogP contribution in [0.25, 0.3) is 0 Å². The monoisotopic (exact) mass is 279 g/mol.